The topological polar surface area (TPSA) is 107 Å². The Hall–Kier alpha value is -2.05. The third kappa shape index (κ3) is 2.76. The van der Waals surface area contributed by atoms with Gasteiger partial charge >= 0.3 is 0 Å². The molecule has 0 radical (unpaired) electrons. The highest BCUT2D eigenvalue weighted by atomic mass is 16.2. The average Bonchev–Trinajstić information content (AvgIpc) is 2.66. The Morgan fingerprint density at radius 1 is 1.40 bits per heavy atom. The van der Waals surface area contributed by atoms with E-state index in [1.807, 2.05) is 13.8 Å². The van der Waals surface area contributed by atoms with E-state index in [2.05, 4.69) is 5.10 Å². The first kappa shape index (κ1) is 14.4. The fourth-order valence-corrected chi connectivity index (χ4v) is 2.53. The number of carbonyl (C=O) groups excluding carboxylic acids is 2. The summed E-state index contributed by atoms with van der Waals surface area (Å²) < 4.78 is 1.61. The fourth-order valence-electron chi connectivity index (χ4n) is 2.53. The van der Waals surface area contributed by atoms with Crippen LogP contribution in [0, 0.1) is 19.8 Å². The number of amides is 2. The smallest absolute Gasteiger partial charge is 0.244 e. The predicted octanol–water partition coefficient (Wildman–Crippen LogP) is -0.194. The van der Waals surface area contributed by atoms with Crippen LogP contribution >= 0.6 is 0 Å². The van der Waals surface area contributed by atoms with Gasteiger partial charge in [-0.1, -0.05) is 0 Å². The van der Waals surface area contributed by atoms with Gasteiger partial charge < -0.3 is 16.4 Å². The molecule has 1 unspecified atom stereocenters. The van der Waals surface area contributed by atoms with Gasteiger partial charge in [-0.05, 0) is 26.7 Å². The number of anilines is 1. The van der Waals surface area contributed by atoms with Crippen LogP contribution < -0.4 is 11.5 Å². The Morgan fingerprint density at radius 3 is 2.65 bits per heavy atom. The van der Waals surface area contributed by atoms with E-state index >= 15 is 0 Å². The van der Waals surface area contributed by atoms with Gasteiger partial charge in [-0.3, -0.25) is 14.3 Å². The van der Waals surface area contributed by atoms with E-state index in [1.165, 1.54) is 0 Å². The molecule has 1 aromatic heterocycles. The molecule has 20 heavy (non-hydrogen) atoms. The molecule has 1 atom stereocenters. The fraction of sp³-hybridized carbons (Fsp3) is 0.615. The van der Waals surface area contributed by atoms with E-state index < -0.39 is 0 Å². The van der Waals surface area contributed by atoms with Gasteiger partial charge in [0.1, 0.15) is 6.54 Å². The van der Waals surface area contributed by atoms with Crippen LogP contribution in [-0.4, -0.2) is 39.6 Å². The average molecular weight is 279 g/mol. The first-order chi connectivity index (χ1) is 9.40. The van der Waals surface area contributed by atoms with E-state index in [9.17, 15) is 9.59 Å². The van der Waals surface area contributed by atoms with E-state index in [4.69, 9.17) is 11.5 Å². The van der Waals surface area contributed by atoms with Crippen LogP contribution in [0.4, 0.5) is 5.69 Å². The van der Waals surface area contributed by atoms with Gasteiger partial charge in [0.25, 0.3) is 0 Å². The second kappa shape index (κ2) is 5.52. The van der Waals surface area contributed by atoms with Crippen molar-refractivity contribution in [3.8, 4) is 0 Å². The summed E-state index contributed by atoms with van der Waals surface area (Å²) in [5, 5.41) is 4.25. The summed E-state index contributed by atoms with van der Waals surface area (Å²) in [5.41, 5.74) is 13.3. The number of nitrogen functional groups attached to an aromatic ring is 1. The Balaban J connectivity index is 2.04. The molecule has 2 heterocycles. The first-order valence-electron chi connectivity index (χ1n) is 6.76. The summed E-state index contributed by atoms with van der Waals surface area (Å²) in [6.45, 7) is 4.87. The molecule has 1 fully saturated rings. The molecule has 110 valence electrons. The lowest BCUT2D eigenvalue weighted by Crippen LogP contribution is -2.45. The molecule has 1 aliphatic rings. The molecular formula is C13H21N5O2. The summed E-state index contributed by atoms with van der Waals surface area (Å²) in [7, 11) is 0. The van der Waals surface area contributed by atoms with Crippen LogP contribution in [0.3, 0.4) is 0 Å². The van der Waals surface area contributed by atoms with Crippen molar-refractivity contribution in [3.05, 3.63) is 11.4 Å². The number of hydrogen-bond acceptors (Lipinski definition) is 4. The minimum atomic E-state index is -0.335. The predicted molar refractivity (Wildman–Crippen MR) is 74.6 cm³/mol. The third-order valence-electron chi connectivity index (χ3n) is 3.90. The number of aromatic nitrogens is 2. The maximum atomic E-state index is 12.3. The molecule has 0 spiro atoms. The Bertz CT molecular complexity index is 537. The molecule has 7 heteroatoms. The van der Waals surface area contributed by atoms with Crippen molar-refractivity contribution < 1.29 is 9.59 Å². The highest BCUT2D eigenvalue weighted by molar-refractivity contribution is 5.80. The molecule has 0 aromatic carbocycles. The monoisotopic (exact) mass is 279 g/mol. The van der Waals surface area contributed by atoms with Gasteiger partial charge in [0.2, 0.25) is 11.8 Å². The summed E-state index contributed by atoms with van der Waals surface area (Å²) >= 11 is 0. The minimum absolute atomic E-state index is 0.0541. The molecule has 1 saturated heterocycles. The van der Waals surface area contributed by atoms with Crippen LogP contribution in [0.1, 0.15) is 24.2 Å². The second-order valence-corrected chi connectivity index (χ2v) is 5.32. The number of rotatable bonds is 3. The van der Waals surface area contributed by atoms with E-state index in [-0.39, 0.29) is 24.3 Å². The van der Waals surface area contributed by atoms with Gasteiger partial charge in [0, 0.05) is 13.1 Å². The van der Waals surface area contributed by atoms with Gasteiger partial charge in [-0.2, -0.15) is 5.10 Å². The van der Waals surface area contributed by atoms with Gasteiger partial charge in [-0.15, -0.1) is 0 Å². The highest BCUT2D eigenvalue weighted by Gasteiger charge is 2.27. The maximum Gasteiger partial charge on any atom is 0.244 e. The molecule has 2 rings (SSSR count). The normalized spacial score (nSPS) is 19.1. The quantitative estimate of drug-likeness (QED) is 0.799. The van der Waals surface area contributed by atoms with E-state index in [0.29, 0.717) is 18.8 Å². The molecule has 2 amide bonds. The molecule has 7 nitrogen and oxygen atoms in total. The number of nitrogens with zero attached hydrogens (tertiary/aromatic N) is 3. The van der Waals surface area contributed by atoms with Crippen molar-refractivity contribution in [1.29, 1.82) is 0 Å². The van der Waals surface area contributed by atoms with E-state index in [0.717, 1.165) is 24.2 Å². The molecule has 4 N–H and O–H groups in total. The molecule has 0 saturated carbocycles. The number of carbonyl (C=O) groups is 2. The Labute approximate surface area is 117 Å². The number of likely N-dealkylation sites (tertiary alicyclic amines) is 1. The van der Waals surface area contributed by atoms with Crippen LogP contribution in [0.2, 0.25) is 0 Å². The lowest BCUT2D eigenvalue weighted by Gasteiger charge is -2.31. The lowest BCUT2D eigenvalue weighted by atomic mass is 9.97. The van der Waals surface area contributed by atoms with Crippen molar-refractivity contribution in [2.24, 2.45) is 11.7 Å². The number of piperidine rings is 1. The maximum absolute atomic E-state index is 12.3. The van der Waals surface area contributed by atoms with Gasteiger partial charge in [-0.25, -0.2) is 0 Å². The van der Waals surface area contributed by atoms with Crippen molar-refractivity contribution in [2.45, 2.75) is 33.2 Å². The van der Waals surface area contributed by atoms with E-state index in [1.54, 1.807) is 9.58 Å². The Kier molecular flexibility index (Phi) is 3.96. The summed E-state index contributed by atoms with van der Waals surface area (Å²) in [6, 6.07) is 0. The molecular weight excluding hydrogens is 258 g/mol. The van der Waals surface area contributed by atoms with Crippen molar-refractivity contribution in [1.82, 2.24) is 14.7 Å². The molecule has 1 aliphatic heterocycles. The lowest BCUT2D eigenvalue weighted by molar-refractivity contribution is -0.135. The first-order valence-corrected chi connectivity index (χ1v) is 6.76. The standard InChI is InChI=1S/C13H21N5O2/c1-8-12(14)9(2)18(16-8)7-11(19)17-5-3-4-10(6-17)13(15)20/h10H,3-7,14H2,1-2H3,(H2,15,20). The third-order valence-corrected chi connectivity index (χ3v) is 3.90. The van der Waals surface area contributed by atoms with Crippen LogP contribution in [0.15, 0.2) is 0 Å². The largest absolute Gasteiger partial charge is 0.396 e. The molecule has 1 aromatic rings. The molecule has 0 bridgehead atoms. The highest BCUT2D eigenvalue weighted by Crippen LogP contribution is 2.18. The number of primary amides is 1. The Morgan fingerprint density at radius 2 is 2.10 bits per heavy atom. The SMILES string of the molecule is Cc1nn(CC(=O)N2CCCC(C(N)=O)C2)c(C)c1N. The summed E-state index contributed by atoms with van der Waals surface area (Å²) in [5.74, 6) is -0.627. The minimum Gasteiger partial charge on any atom is -0.396 e. The molecule has 0 aliphatic carbocycles. The van der Waals surface area contributed by atoms with Gasteiger partial charge in [0.15, 0.2) is 0 Å². The van der Waals surface area contributed by atoms with Gasteiger partial charge in [0.05, 0.1) is 23.0 Å². The summed E-state index contributed by atoms with van der Waals surface area (Å²) in [4.78, 5) is 25.2. The van der Waals surface area contributed by atoms with Crippen LogP contribution in [-0.2, 0) is 16.1 Å². The zero-order valence-corrected chi connectivity index (χ0v) is 11.9. The zero-order valence-electron chi connectivity index (χ0n) is 11.9. The van der Waals surface area contributed by atoms with Crippen LogP contribution in [0.5, 0.6) is 0 Å². The summed E-state index contributed by atoms with van der Waals surface area (Å²) in [6.07, 6.45) is 1.56. The van der Waals surface area contributed by atoms with Crippen LogP contribution in [0.25, 0.3) is 0 Å². The van der Waals surface area contributed by atoms with Crippen molar-refractivity contribution >= 4 is 17.5 Å². The zero-order chi connectivity index (χ0) is 14.9. The van der Waals surface area contributed by atoms with Crippen molar-refractivity contribution in [3.63, 3.8) is 0 Å². The number of nitrogens with two attached hydrogens (primary N) is 2. The number of hydrogen-bond donors (Lipinski definition) is 2. The number of aryl methyl sites for hydroxylation is 1. The van der Waals surface area contributed by atoms with Crippen molar-refractivity contribution in [2.75, 3.05) is 18.8 Å². The second-order valence-electron chi connectivity index (χ2n) is 5.32.